The first-order valence-electron chi connectivity index (χ1n) is 9.64. The molecule has 3 rings (SSSR count). The Hall–Kier alpha value is -2.80. The molecule has 1 aromatic heterocycles. The van der Waals surface area contributed by atoms with E-state index in [0.29, 0.717) is 12.2 Å². The van der Waals surface area contributed by atoms with Gasteiger partial charge in [-0.25, -0.2) is 0 Å². The lowest BCUT2D eigenvalue weighted by Gasteiger charge is -2.16. The van der Waals surface area contributed by atoms with Crippen LogP contribution in [0.15, 0.2) is 41.6 Å². The van der Waals surface area contributed by atoms with Crippen molar-refractivity contribution < 1.29 is 4.79 Å². The van der Waals surface area contributed by atoms with E-state index in [1.54, 1.807) is 0 Å². The van der Waals surface area contributed by atoms with E-state index in [1.165, 1.54) is 17.3 Å². The Bertz CT molecular complexity index is 1000. The Morgan fingerprint density at radius 1 is 1.14 bits per heavy atom. The van der Waals surface area contributed by atoms with Gasteiger partial charge < -0.3 is 15.6 Å². The molecule has 0 bridgehead atoms. The van der Waals surface area contributed by atoms with Crippen molar-refractivity contribution in [2.45, 2.75) is 51.6 Å². The van der Waals surface area contributed by atoms with Gasteiger partial charge in [-0.2, -0.15) is 0 Å². The summed E-state index contributed by atoms with van der Waals surface area (Å²) < 4.78 is 2.02. The van der Waals surface area contributed by atoms with Crippen LogP contribution in [-0.2, 0) is 11.3 Å². The summed E-state index contributed by atoms with van der Waals surface area (Å²) in [5.41, 5.74) is 11.6. The number of hydrogen-bond donors (Lipinski definition) is 2. The zero-order valence-corrected chi connectivity index (χ0v) is 18.3. The Kier molecular flexibility index (Phi) is 6.27. The Morgan fingerprint density at radius 2 is 1.76 bits per heavy atom. The van der Waals surface area contributed by atoms with Crippen molar-refractivity contribution in [3.05, 3.63) is 53.1 Å². The predicted molar refractivity (Wildman–Crippen MR) is 120 cm³/mol. The number of carbonyl (C=O) groups is 1. The first-order valence-corrected chi connectivity index (χ1v) is 10.5. The summed E-state index contributed by atoms with van der Waals surface area (Å²) in [7, 11) is 0. The maximum atomic E-state index is 12.8. The summed E-state index contributed by atoms with van der Waals surface area (Å²) in [6.07, 6.45) is 0. The fraction of sp³-hybridized carbons (Fsp3) is 0.318. The van der Waals surface area contributed by atoms with Gasteiger partial charge in [0.05, 0.1) is 5.25 Å². The van der Waals surface area contributed by atoms with E-state index >= 15 is 0 Å². The number of nitrogen functional groups attached to an aromatic ring is 1. The number of nitrogens with one attached hydrogen (secondary N) is 1. The van der Waals surface area contributed by atoms with Crippen LogP contribution >= 0.6 is 11.8 Å². The maximum absolute atomic E-state index is 12.8. The first-order chi connectivity index (χ1) is 13.8. The lowest BCUT2D eigenvalue weighted by Crippen LogP contribution is -2.24. The minimum absolute atomic E-state index is 0.0512. The minimum atomic E-state index is -0.316. The summed E-state index contributed by atoms with van der Waals surface area (Å²) in [4.78, 5) is 12.8. The van der Waals surface area contributed by atoms with Crippen LogP contribution in [0.1, 0.15) is 30.5 Å². The van der Waals surface area contributed by atoms with E-state index in [0.717, 1.165) is 33.4 Å². The van der Waals surface area contributed by atoms with Crippen molar-refractivity contribution in [3.8, 4) is 11.4 Å². The molecule has 2 aromatic carbocycles. The van der Waals surface area contributed by atoms with Crippen molar-refractivity contribution in [2.75, 3.05) is 11.1 Å². The fourth-order valence-electron chi connectivity index (χ4n) is 3.32. The van der Waals surface area contributed by atoms with Crippen LogP contribution in [0, 0.1) is 20.8 Å². The largest absolute Gasteiger partial charge is 0.399 e. The van der Waals surface area contributed by atoms with Gasteiger partial charge in [0.1, 0.15) is 0 Å². The number of nitrogens with zero attached hydrogens (tertiary/aromatic N) is 3. The molecule has 0 saturated heterocycles. The summed E-state index contributed by atoms with van der Waals surface area (Å²) in [5, 5.41) is 12.1. The number of carbonyl (C=O) groups excluding carboxylic acids is 1. The van der Waals surface area contributed by atoms with Crippen molar-refractivity contribution in [1.82, 2.24) is 14.8 Å². The number of aromatic nitrogens is 3. The number of rotatable bonds is 6. The second-order valence-corrected chi connectivity index (χ2v) is 8.50. The highest BCUT2D eigenvalue weighted by Crippen LogP contribution is 2.29. The lowest BCUT2D eigenvalue weighted by molar-refractivity contribution is -0.115. The summed E-state index contributed by atoms with van der Waals surface area (Å²) >= 11 is 1.41. The van der Waals surface area contributed by atoms with Crippen LogP contribution in [-0.4, -0.2) is 25.9 Å². The van der Waals surface area contributed by atoms with E-state index < -0.39 is 0 Å². The second-order valence-electron chi connectivity index (χ2n) is 7.20. The van der Waals surface area contributed by atoms with Gasteiger partial charge in [0.15, 0.2) is 11.0 Å². The topological polar surface area (TPSA) is 85.8 Å². The number of anilines is 2. The third-order valence-corrected chi connectivity index (χ3v) is 5.86. The maximum Gasteiger partial charge on any atom is 0.237 e. The van der Waals surface area contributed by atoms with Crippen LogP contribution in [0.3, 0.4) is 0 Å². The third kappa shape index (κ3) is 4.62. The van der Waals surface area contributed by atoms with Gasteiger partial charge in [-0.3, -0.25) is 4.79 Å². The normalized spacial score (nSPS) is 12.0. The zero-order valence-electron chi connectivity index (χ0n) is 17.5. The minimum Gasteiger partial charge on any atom is -0.399 e. The molecule has 3 N–H and O–H groups in total. The summed E-state index contributed by atoms with van der Waals surface area (Å²) in [6, 6.07) is 11.7. The molecule has 3 aromatic rings. The smallest absolute Gasteiger partial charge is 0.237 e. The van der Waals surface area contributed by atoms with E-state index in [1.807, 2.05) is 56.5 Å². The summed E-state index contributed by atoms with van der Waals surface area (Å²) in [6.45, 7) is 10.7. The third-order valence-electron chi connectivity index (χ3n) is 4.78. The quantitative estimate of drug-likeness (QED) is 0.459. The highest BCUT2D eigenvalue weighted by Gasteiger charge is 2.21. The lowest BCUT2D eigenvalue weighted by atomic mass is 10.1. The molecule has 7 heteroatoms. The Balaban J connectivity index is 1.78. The second kappa shape index (κ2) is 8.69. The highest BCUT2D eigenvalue weighted by molar-refractivity contribution is 8.00. The van der Waals surface area contributed by atoms with E-state index in [-0.39, 0.29) is 11.2 Å². The van der Waals surface area contributed by atoms with Gasteiger partial charge in [-0.05, 0) is 70.0 Å². The standard InChI is InChI=1S/C22H27N5OS/c1-6-27-20(17-7-9-18(23)10-8-17)25-26-22(27)29-16(5)21(28)24-19-14(3)11-13(2)12-15(19)4/h7-12,16H,6,23H2,1-5H3,(H,24,28)/t16-/m1/s1. The molecule has 0 aliphatic carbocycles. The molecule has 29 heavy (non-hydrogen) atoms. The van der Waals surface area contributed by atoms with E-state index in [2.05, 4.69) is 34.6 Å². The molecule has 1 amide bonds. The fourth-order valence-corrected chi connectivity index (χ4v) is 4.23. The van der Waals surface area contributed by atoms with Crippen LogP contribution < -0.4 is 11.1 Å². The predicted octanol–water partition coefficient (Wildman–Crippen LogP) is 4.59. The SMILES string of the molecule is CCn1c(S[C@H](C)C(=O)Nc2c(C)cc(C)cc2C)nnc1-c1ccc(N)cc1. The van der Waals surface area contributed by atoms with Crippen molar-refractivity contribution >= 4 is 29.0 Å². The van der Waals surface area contributed by atoms with Gasteiger partial charge in [-0.15, -0.1) is 10.2 Å². The highest BCUT2D eigenvalue weighted by atomic mass is 32.2. The zero-order chi connectivity index (χ0) is 21.1. The molecule has 0 unspecified atom stereocenters. The average molecular weight is 410 g/mol. The van der Waals surface area contributed by atoms with Crippen molar-refractivity contribution in [2.24, 2.45) is 0 Å². The van der Waals surface area contributed by atoms with Gasteiger partial charge in [0, 0.05) is 23.5 Å². The molecule has 6 nitrogen and oxygen atoms in total. The summed E-state index contributed by atoms with van der Waals surface area (Å²) in [5.74, 6) is 0.720. The van der Waals surface area contributed by atoms with E-state index in [4.69, 9.17) is 5.73 Å². The Labute approximate surface area is 175 Å². The number of nitrogens with two attached hydrogens (primary N) is 1. The molecule has 0 aliphatic rings. The van der Waals surface area contributed by atoms with Gasteiger partial charge in [0.25, 0.3) is 0 Å². The molecule has 0 spiro atoms. The molecule has 1 atom stereocenters. The molecule has 0 fully saturated rings. The van der Waals surface area contributed by atoms with Gasteiger partial charge in [-0.1, -0.05) is 29.5 Å². The van der Waals surface area contributed by atoms with Gasteiger partial charge in [0.2, 0.25) is 5.91 Å². The van der Waals surface area contributed by atoms with Crippen molar-refractivity contribution in [1.29, 1.82) is 0 Å². The molecule has 0 saturated carbocycles. The first kappa shape index (κ1) is 20.9. The molecular formula is C22H27N5OS. The monoisotopic (exact) mass is 409 g/mol. The number of aryl methyl sites for hydroxylation is 3. The number of hydrogen-bond acceptors (Lipinski definition) is 5. The molecule has 0 aliphatic heterocycles. The van der Waals surface area contributed by atoms with Crippen LogP contribution in [0.25, 0.3) is 11.4 Å². The average Bonchev–Trinajstić information content (AvgIpc) is 3.07. The van der Waals surface area contributed by atoms with Crippen LogP contribution in [0.5, 0.6) is 0 Å². The number of amides is 1. The van der Waals surface area contributed by atoms with Crippen LogP contribution in [0.2, 0.25) is 0 Å². The van der Waals surface area contributed by atoms with Crippen molar-refractivity contribution in [3.63, 3.8) is 0 Å². The molecule has 0 radical (unpaired) electrons. The molecule has 1 heterocycles. The van der Waals surface area contributed by atoms with Crippen LogP contribution in [0.4, 0.5) is 11.4 Å². The molecular weight excluding hydrogens is 382 g/mol. The molecule has 152 valence electrons. The number of benzene rings is 2. The van der Waals surface area contributed by atoms with Gasteiger partial charge >= 0.3 is 0 Å². The Morgan fingerprint density at radius 3 is 2.34 bits per heavy atom. The number of thioether (sulfide) groups is 1. The van der Waals surface area contributed by atoms with E-state index in [9.17, 15) is 4.79 Å².